The molecule has 0 spiro atoms. The number of amides is 1. The first-order valence-electron chi connectivity index (χ1n) is 9.98. The van der Waals surface area contributed by atoms with Crippen LogP contribution in [-0.4, -0.2) is 35.4 Å². The minimum Gasteiger partial charge on any atom is -0.350 e. The number of rotatable bonds is 6. The summed E-state index contributed by atoms with van der Waals surface area (Å²) in [5.74, 6) is -0.188. The topological polar surface area (TPSA) is 65.2 Å². The highest BCUT2D eigenvalue weighted by atomic mass is 16.2. The molecule has 0 saturated carbocycles. The van der Waals surface area contributed by atoms with Crippen molar-refractivity contribution in [2.24, 2.45) is 0 Å². The molecule has 1 fully saturated rings. The van der Waals surface area contributed by atoms with Crippen LogP contribution in [0.5, 0.6) is 0 Å². The molecule has 0 bridgehead atoms. The quantitative estimate of drug-likeness (QED) is 0.823. The lowest BCUT2D eigenvalue weighted by Crippen LogP contribution is -2.39. The molecule has 1 aromatic heterocycles. The van der Waals surface area contributed by atoms with Crippen molar-refractivity contribution in [2.45, 2.75) is 45.1 Å². The molecule has 1 amide bonds. The van der Waals surface area contributed by atoms with Crippen molar-refractivity contribution in [3.63, 3.8) is 0 Å². The second kappa shape index (κ2) is 9.51. The molecule has 1 atom stereocenters. The van der Waals surface area contributed by atoms with E-state index in [0.717, 1.165) is 18.8 Å². The highest BCUT2D eigenvalue weighted by Gasteiger charge is 2.22. The number of aromatic amines is 1. The van der Waals surface area contributed by atoms with Crippen molar-refractivity contribution in [1.29, 1.82) is 0 Å². The first-order valence-corrected chi connectivity index (χ1v) is 9.98. The molecule has 5 heteroatoms. The van der Waals surface area contributed by atoms with Crippen molar-refractivity contribution < 1.29 is 4.79 Å². The number of hydrogen-bond donors (Lipinski definition) is 2. The summed E-state index contributed by atoms with van der Waals surface area (Å²) < 4.78 is 0. The van der Waals surface area contributed by atoms with Gasteiger partial charge in [0.15, 0.2) is 0 Å². The Hall–Kier alpha value is -2.40. The molecular weight excluding hydrogens is 338 g/mol. The van der Waals surface area contributed by atoms with Crippen LogP contribution in [-0.2, 0) is 6.42 Å². The van der Waals surface area contributed by atoms with Gasteiger partial charge in [0.25, 0.3) is 5.91 Å². The van der Waals surface area contributed by atoms with Crippen LogP contribution in [0.4, 0.5) is 0 Å². The fraction of sp³-hybridized carbons (Fsp3) is 0.455. The van der Waals surface area contributed by atoms with Crippen molar-refractivity contribution in [1.82, 2.24) is 15.2 Å². The van der Waals surface area contributed by atoms with Gasteiger partial charge in [-0.25, -0.2) is 0 Å². The van der Waals surface area contributed by atoms with Crippen LogP contribution in [0.3, 0.4) is 0 Å². The van der Waals surface area contributed by atoms with Crippen LogP contribution in [0.2, 0.25) is 0 Å². The Kier molecular flexibility index (Phi) is 6.82. The van der Waals surface area contributed by atoms with Gasteiger partial charge in [-0.2, -0.15) is 0 Å². The van der Waals surface area contributed by atoms with Crippen LogP contribution in [0.25, 0.3) is 0 Å². The number of carbonyl (C=O) groups is 1. The Morgan fingerprint density at radius 2 is 1.81 bits per heavy atom. The predicted molar refractivity (Wildman–Crippen MR) is 108 cm³/mol. The summed E-state index contributed by atoms with van der Waals surface area (Å²) in [4.78, 5) is 29.7. The van der Waals surface area contributed by atoms with E-state index in [1.165, 1.54) is 37.3 Å². The van der Waals surface area contributed by atoms with Crippen LogP contribution < -0.4 is 10.9 Å². The molecule has 2 aromatic rings. The molecule has 2 N–H and O–H groups in total. The van der Waals surface area contributed by atoms with Crippen molar-refractivity contribution in [2.75, 3.05) is 19.6 Å². The van der Waals surface area contributed by atoms with Gasteiger partial charge in [0.05, 0.1) is 6.04 Å². The third-order valence-corrected chi connectivity index (χ3v) is 5.26. The smallest absolute Gasteiger partial charge is 0.251 e. The van der Waals surface area contributed by atoms with E-state index in [4.69, 9.17) is 0 Å². The minimum absolute atomic E-state index is 0.154. The number of aromatic nitrogens is 1. The Morgan fingerprint density at radius 1 is 1.11 bits per heavy atom. The van der Waals surface area contributed by atoms with Crippen molar-refractivity contribution >= 4 is 5.91 Å². The van der Waals surface area contributed by atoms with E-state index >= 15 is 0 Å². The fourth-order valence-electron chi connectivity index (χ4n) is 3.75. The second-order valence-electron chi connectivity index (χ2n) is 7.20. The summed E-state index contributed by atoms with van der Waals surface area (Å²) in [6.45, 7) is 4.61. The molecule has 0 unspecified atom stereocenters. The van der Waals surface area contributed by atoms with Gasteiger partial charge in [0.1, 0.15) is 0 Å². The summed E-state index contributed by atoms with van der Waals surface area (Å²) in [6.07, 6.45) is 5.64. The normalized spacial score (nSPS) is 16.5. The molecule has 3 rings (SSSR count). The van der Waals surface area contributed by atoms with E-state index in [9.17, 15) is 9.59 Å². The molecule has 1 saturated heterocycles. The number of aryl methyl sites for hydroxylation is 1. The summed E-state index contributed by atoms with van der Waals surface area (Å²) in [5, 5.41) is 3.06. The molecule has 1 aliphatic heterocycles. The zero-order valence-electron chi connectivity index (χ0n) is 16.0. The number of benzene rings is 1. The number of carbonyl (C=O) groups excluding carboxylic acids is 1. The van der Waals surface area contributed by atoms with Gasteiger partial charge in [0.2, 0.25) is 5.56 Å². The first-order chi connectivity index (χ1) is 13.2. The minimum atomic E-state index is -0.230. The number of nitrogens with zero attached hydrogens (tertiary/aromatic N) is 1. The molecule has 1 aliphatic rings. The third kappa shape index (κ3) is 5.30. The molecule has 2 heterocycles. The van der Waals surface area contributed by atoms with Crippen LogP contribution in [0, 0.1) is 0 Å². The molecule has 1 aromatic carbocycles. The van der Waals surface area contributed by atoms with Gasteiger partial charge in [0, 0.05) is 23.9 Å². The SMILES string of the molecule is CCc1cc(C(=O)NC[C@H](c2ccccc2)N2CCCCCC2)cc(=O)[nH]1. The van der Waals surface area contributed by atoms with Gasteiger partial charge in [-0.15, -0.1) is 0 Å². The molecule has 27 heavy (non-hydrogen) atoms. The maximum Gasteiger partial charge on any atom is 0.251 e. The van der Waals surface area contributed by atoms with Gasteiger partial charge >= 0.3 is 0 Å². The summed E-state index contributed by atoms with van der Waals surface area (Å²) >= 11 is 0. The van der Waals surface area contributed by atoms with E-state index in [1.807, 2.05) is 25.1 Å². The van der Waals surface area contributed by atoms with Crippen molar-refractivity contribution in [3.8, 4) is 0 Å². The van der Waals surface area contributed by atoms with Crippen LogP contribution in [0.15, 0.2) is 47.3 Å². The standard InChI is InChI=1S/C22H29N3O2/c1-2-19-14-18(15-21(26)24-19)22(27)23-16-20(17-10-6-5-7-11-17)25-12-8-3-4-9-13-25/h5-7,10-11,14-15,20H,2-4,8-9,12-13,16H2,1H3,(H,23,27)(H,24,26)/t20-/m1/s1. The van der Waals surface area contributed by atoms with Gasteiger partial charge in [-0.1, -0.05) is 50.1 Å². The maximum absolute atomic E-state index is 12.7. The molecule has 5 nitrogen and oxygen atoms in total. The second-order valence-corrected chi connectivity index (χ2v) is 7.20. The van der Waals surface area contributed by atoms with E-state index in [2.05, 4.69) is 27.3 Å². The lowest BCUT2D eigenvalue weighted by Gasteiger charge is -2.31. The third-order valence-electron chi connectivity index (χ3n) is 5.26. The van der Waals surface area contributed by atoms with E-state index < -0.39 is 0 Å². The number of hydrogen-bond acceptors (Lipinski definition) is 3. The predicted octanol–water partition coefficient (Wildman–Crippen LogP) is 3.28. The van der Waals surface area contributed by atoms with E-state index in [0.29, 0.717) is 18.5 Å². The highest BCUT2D eigenvalue weighted by molar-refractivity contribution is 5.94. The number of H-pyrrole nitrogens is 1. The van der Waals surface area contributed by atoms with Gasteiger partial charge in [-0.05, 0) is 44.0 Å². The summed E-state index contributed by atoms with van der Waals surface area (Å²) in [7, 11) is 0. The number of nitrogens with one attached hydrogen (secondary N) is 2. The largest absolute Gasteiger partial charge is 0.350 e. The average Bonchev–Trinajstić information content (AvgIpc) is 2.98. The Labute approximate surface area is 160 Å². The zero-order valence-corrected chi connectivity index (χ0v) is 16.0. The lowest BCUT2D eigenvalue weighted by molar-refractivity contribution is 0.0933. The Balaban J connectivity index is 1.75. The van der Waals surface area contributed by atoms with Crippen LogP contribution >= 0.6 is 0 Å². The Bertz CT molecular complexity index is 793. The van der Waals surface area contributed by atoms with E-state index in [-0.39, 0.29) is 17.5 Å². The highest BCUT2D eigenvalue weighted by Crippen LogP contribution is 2.23. The number of likely N-dealkylation sites (tertiary alicyclic amines) is 1. The van der Waals surface area contributed by atoms with Gasteiger partial charge in [-0.3, -0.25) is 14.5 Å². The fourth-order valence-corrected chi connectivity index (χ4v) is 3.75. The molecule has 144 valence electrons. The van der Waals surface area contributed by atoms with Gasteiger partial charge < -0.3 is 10.3 Å². The summed E-state index contributed by atoms with van der Waals surface area (Å²) in [5.41, 5.74) is 2.20. The monoisotopic (exact) mass is 367 g/mol. The number of pyridine rings is 1. The zero-order chi connectivity index (χ0) is 19.1. The molecule has 0 aliphatic carbocycles. The molecular formula is C22H29N3O2. The van der Waals surface area contributed by atoms with E-state index in [1.54, 1.807) is 6.07 Å². The average molecular weight is 367 g/mol. The maximum atomic E-state index is 12.7. The summed E-state index contributed by atoms with van der Waals surface area (Å²) in [6, 6.07) is 13.7. The van der Waals surface area contributed by atoms with Crippen LogP contribution in [0.1, 0.15) is 60.3 Å². The first kappa shape index (κ1) is 19.4. The Morgan fingerprint density at radius 3 is 2.48 bits per heavy atom. The molecule has 0 radical (unpaired) electrons. The van der Waals surface area contributed by atoms with Crippen molar-refractivity contribution in [3.05, 3.63) is 69.6 Å². The lowest BCUT2D eigenvalue weighted by atomic mass is 10.0.